The quantitative estimate of drug-likeness (QED) is 0.839. The zero-order valence-corrected chi connectivity index (χ0v) is 14.3. The van der Waals surface area contributed by atoms with E-state index >= 15 is 0 Å². The minimum Gasteiger partial charge on any atom is -0.389 e. The Bertz CT molecular complexity index is 733. The van der Waals surface area contributed by atoms with E-state index in [1.807, 2.05) is 17.5 Å². The highest BCUT2D eigenvalue weighted by atomic mass is 32.1. The van der Waals surface area contributed by atoms with Gasteiger partial charge < -0.3 is 15.0 Å². The third-order valence-electron chi connectivity index (χ3n) is 4.69. The third-order valence-corrected chi connectivity index (χ3v) is 5.76. The predicted octanol–water partition coefficient (Wildman–Crippen LogP) is 1.90. The van der Waals surface area contributed by atoms with Crippen LogP contribution in [-0.4, -0.2) is 28.2 Å². The highest BCUT2D eigenvalue weighted by Crippen LogP contribution is 2.43. The Labute approximate surface area is 145 Å². The Morgan fingerprint density at radius 2 is 2.08 bits per heavy atom. The summed E-state index contributed by atoms with van der Waals surface area (Å²) in [5.74, 6) is -0.0121. The van der Waals surface area contributed by atoms with E-state index in [-0.39, 0.29) is 24.6 Å². The average molecular weight is 346 g/mol. The molecule has 6 heteroatoms. The van der Waals surface area contributed by atoms with Crippen LogP contribution in [0.4, 0.5) is 0 Å². The number of amides is 1. The number of aromatic nitrogens is 1. The molecule has 0 aliphatic heterocycles. The first-order valence-electron chi connectivity index (χ1n) is 8.28. The van der Waals surface area contributed by atoms with Crippen LogP contribution in [0.1, 0.15) is 30.6 Å². The molecule has 2 aromatic heterocycles. The molecule has 1 unspecified atom stereocenters. The summed E-state index contributed by atoms with van der Waals surface area (Å²) in [7, 11) is 0. The molecule has 2 aromatic rings. The molecule has 0 spiro atoms. The second-order valence-electron chi connectivity index (χ2n) is 6.32. The summed E-state index contributed by atoms with van der Waals surface area (Å²) in [6.45, 7) is 0.319. The maximum Gasteiger partial charge on any atom is 0.250 e. The predicted molar refractivity (Wildman–Crippen MR) is 94.2 cm³/mol. The van der Waals surface area contributed by atoms with Crippen molar-refractivity contribution in [3.05, 3.63) is 57.1 Å². The fourth-order valence-corrected chi connectivity index (χ4v) is 4.38. The van der Waals surface area contributed by atoms with Gasteiger partial charge >= 0.3 is 0 Å². The Morgan fingerprint density at radius 1 is 1.29 bits per heavy atom. The molecule has 2 heterocycles. The SMILES string of the molecule is O=C(NCC(O)Cn1ccccc1=O)C1(c2cccs2)CCCC1. The van der Waals surface area contributed by atoms with Gasteiger partial charge in [0.1, 0.15) is 0 Å². The largest absolute Gasteiger partial charge is 0.389 e. The van der Waals surface area contributed by atoms with E-state index in [2.05, 4.69) is 5.32 Å². The number of nitrogens with one attached hydrogen (secondary N) is 1. The second-order valence-corrected chi connectivity index (χ2v) is 7.27. The van der Waals surface area contributed by atoms with Crippen LogP contribution in [-0.2, 0) is 16.8 Å². The zero-order valence-electron chi connectivity index (χ0n) is 13.5. The molecule has 1 amide bonds. The van der Waals surface area contributed by atoms with Gasteiger partial charge in [-0.3, -0.25) is 9.59 Å². The van der Waals surface area contributed by atoms with Crippen molar-refractivity contribution in [2.75, 3.05) is 6.54 Å². The van der Waals surface area contributed by atoms with Crippen molar-refractivity contribution in [3.8, 4) is 0 Å². The van der Waals surface area contributed by atoms with Gasteiger partial charge in [0.2, 0.25) is 5.91 Å². The van der Waals surface area contributed by atoms with Crippen molar-refractivity contribution in [1.29, 1.82) is 0 Å². The number of rotatable bonds is 6. The molecule has 128 valence electrons. The monoisotopic (exact) mass is 346 g/mol. The number of nitrogens with zero attached hydrogens (tertiary/aromatic N) is 1. The van der Waals surface area contributed by atoms with Gasteiger partial charge in [-0.05, 0) is 30.4 Å². The van der Waals surface area contributed by atoms with Crippen molar-refractivity contribution in [1.82, 2.24) is 9.88 Å². The van der Waals surface area contributed by atoms with Crippen molar-refractivity contribution < 1.29 is 9.90 Å². The lowest BCUT2D eigenvalue weighted by Gasteiger charge is -2.27. The molecule has 1 atom stereocenters. The molecule has 0 aromatic carbocycles. The third kappa shape index (κ3) is 3.44. The summed E-state index contributed by atoms with van der Waals surface area (Å²) in [6, 6.07) is 8.87. The molecule has 3 rings (SSSR count). The Hall–Kier alpha value is -1.92. The first kappa shape index (κ1) is 16.9. The number of aliphatic hydroxyl groups is 1. The Kier molecular flexibility index (Phi) is 5.16. The van der Waals surface area contributed by atoms with Crippen molar-refractivity contribution in [2.45, 2.75) is 43.7 Å². The van der Waals surface area contributed by atoms with Crippen LogP contribution in [0.25, 0.3) is 0 Å². The van der Waals surface area contributed by atoms with Crippen LogP contribution in [0.3, 0.4) is 0 Å². The standard InChI is InChI=1S/C18H22N2O3S/c21-14(13-20-10-4-1-7-16(20)22)12-19-17(23)18(8-2-3-9-18)15-6-5-11-24-15/h1,4-7,10-11,14,21H,2-3,8-9,12-13H2,(H,19,23). The number of pyridine rings is 1. The molecule has 1 aliphatic carbocycles. The summed E-state index contributed by atoms with van der Waals surface area (Å²) >= 11 is 1.62. The Balaban J connectivity index is 1.62. The summed E-state index contributed by atoms with van der Waals surface area (Å²) in [5.41, 5.74) is -0.606. The van der Waals surface area contributed by atoms with E-state index in [9.17, 15) is 14.7 Å². The van der Waals surface area contributed by atoms with Gasteiger partial charge in [0.05, 0.1) is 18.1 Å². The maximum absolute atomic E-state index is 12.8. The van der Waals surface area contributed by atoms with Crippen molar-refractivity contribution in [3.63, 3.8) is 0 Å². The normalized spacial score (nSPS) is 17.5. The number of hydrogen-bond donors (Lipinski definition) is 2. The van der Waals surface area contributed by atoms with Crippen molar-refractivity contribution in [2.24, 2.45) is 0 Å². The highest BCUT2D eigenvalue weighted by molar-refractivity contribution is 7.10. The summed E-state index contributed by atoms with van der Waals surface area (Å²) in [5, 5.41) is 15.1. The van der Waals surface area contributed by atoms with E-state index in [4.69, 9.17) is 0 Å². The van der Waals surface area contributed by atoms with E-state index in [1.165, 1.54) is 10.6 Å². The summed E-state index contributed by atoms with van der Waals surface area (Å²) < 4.78 is 1.45. The molecule has 0 radical (unpaired) electrons. The van der Waals surface area contributed by atoms with Gasteiger partial charge in [0.15, 0.2) is 0 Å². The molecular formula is C18H22N2O3S. The minimum atomic E-state index is -0.796. The summed E-state index contributed by atoms with van der Waals surface area (Å²) in [4.78, 5) is 25.6. The lowest BCUT2D eigenvalue weighted by molar-refractivity contribution is -0.127. The Morgan fingerprint density at radius 3 is 2.75 bits per heavy atom. The first-order valence-corrected chi connectivity index (χ1v) is 9.16. The van der Waals surface area contributed by atoms with E-state index in [0.29, 0.717) is 0 Å². The first-order chi connectivity index (χ1) is 11.6. The number of thiophene rings is 1. The molecule has 1 fully saturated rings. The molecule has 0 saturated heterocycles. The minimum absolute atomic E-state index is 0.0121. The summed E-state index contributed by atoms with van der Waals surface area (Å²) in [6.07, 6.45) is 4.65. The van der Waals surface area contributed by atoms with E-state index < -0.39 is 11.5 Å². The molecule has 1 saturated carbocycles. The van der Waals surface area contributed by atoms with E-state index in [1.54, 1.807) is 29.7 Å². The molecule has 1 aliphatic rings. The van der Waals surface area contributed by atoms with Crippen LogP contribution in [0.15, 0.2) is 46.7 Å². The topological polar surface area (TPSA) is 71.3 Å². The molecule has 2 N–H and O–H groups in total. The molecule has 0 bridgehead atoms. The zero-order chi connectivity index (χ0) is 17.0. The molecular weight excluding hydrogens is 324 g/mol. The van der Waals surface area contributed by atoms with Crippen LogP contribution >= 0.6 is 11.3 Å². The average Bonchev–Trinajstić information content (AvgIpc) is 3.26. The van der Waals surface area contributed by atoms with E-state index in [0.717, 1.165) is 30.6 Å². The number of aliphatic hydroxyl groups excluding tert-OH is 1. The number of hydrogen-bond acceptors (Lipinski definition) is 4. The van der Waals surface area contributed by atoms with Crippen LogP contribution < -0.4 is 10.9 Å². The highest BCUT2D eigenvalue weighted by Gasteiger charge is 2.43. The fraction of sp³-hybridized carbons (Fsp3) is 0.444. The number of carbonyl (C=O) groups excluding carboxylic acids is 1. The van der Waals surface area contributed by atoms with Gasteiger partial charge in [0, 0.05) is 23.7 Å². The lowest BCUT2D eigenvalue weighted by atomic mass is 9.83. The second kappa shape index (κ2) is 7.32. The molecule has 24 heavy (non-hydrogen) atoms. The van der Waals surface area contributed by atoms with Gasteiger partial charge in [-0.15, -0.1) is 11.3 Å². The van der Waals surface area contributed by atoms with Gasteiger partial charge in [-0.2, -0.15) is 0 Å². The van der Waals surface area contributed by atoms with Gasteiger partial charge in [-0.25, -0.2) is 0 Å². The van der Waals surface area contributed by atoms with Gasteiger partial charge in [0.25, 0.3) is 5.56 Å². The van der Waals surface area contributed by atoms with Gasteiger partial charge in [-0.1, -0.05) is 25.0 Å². The number of carbonyl (C=O) groups is 1. The lowest BCUT2D eigenvalue weighted by Crippen LogP contribution is -2.45. The van der Waals surface area contributed by atoms with Crippen molar-refractivity contribution >= 4 is 17.2 Å². The smallest absolute Gasteiger partial charge is 0.250 e. The maximum atomic E-state index is 12.8. The fourth-order valence-electron chi connectivity index (χ4n) is 3.40. The molecule has 5 nitrogen and oxygen atoms in total. The van der Waals surface area contributed by atoms with Crippen LogP contribution in [0, 0.1) is 0 Å². The van der Waals surface area contributed by atoms with Crippen LogP contribution in [0.2, 0.25) is 0 Å². The van der Waals surface area contributed by atoms with Crippen LogP contribution in [0.5, 0.6) is 0 Å².